The van der Waals surface area contributed by atoms with Gasteiger partial charge >= 0.3 is 0 Å². The molecule has 0 saturated heterocycles. The number of halogens is 1. The van der Waals surface area contributed by atoms with Crippen LogP contribution in [-0.4, -0.2) is 11.1 Å². The summed E-state index contributed by atoms with van der Waals surface area (Å²) in [6.07, 6.45) is 0. The first kappa shape index (κ1) is 10.3. The molecule has 0 aliphatic carbocycles. The highest BCUT2D eigenvalue weighted by atomic mass is 19.1. The number of benzene rings is 1. The largest absolute Gasteiger partial charge is 0.505 e. The summed E-state index contributed by atoms with van der Waals surface area (Å²) in [5, 5.41) is 8.95. The van der Waals surface area contributed by atoms with Gasteiger partial charge in [-0.05, 0) is 24.6 Å². The molecule has 0 radical (unpaired) electrons. The third-order valence-electron chi connectivity index (χ3n) is 1.80. The normalized spacial score (nSPS) is 12.1. The number of aromatic hydroxyl groups is 1. The maximum atomic E-state index is 12.9. The van der Waals surface area contributed by atoms with Crippen LogP contribution in [-0.2, 0) is 0 Å². The third-order valence-corrected chi connectivity index (χ3v) is 1.80. The number of aliphatic imine (C=N–C) groups is 1. The Balaban J connectivity index is 2.97. The average Bonchev–Trinajstić information content (AvgIpc) is 2.08. The molecule has 0 aliphatic rings. The maximum Gasteiger partial charge on any atom is 0.186 e. The highest BCUT2D eigenvalue weighted by molar-refractivity contribution is 5.75. The summed E-state index contributed by atoms with van der Waals surface area (Å²) >= 11 is 0. The van der Waals surface area contributed by atoms with Gasteiger partial charge in [-0.15, -0.1) is 0 Å². The predicted octanol–water partition coefficient (Wildman–Crippen LogP) is 0.866. The molecule has 0 aromatic heterocycles. The maximum absolute atomic E-state index is 12.9. The van der Waals surface area contributed by atoms with Gasteiger partial charge in [-0.25, -0.2) is 9.38 Å². The Morgan fingerprint density at radius 2 is 2.14 bits per heavy atom. The molecule has 5 N–H and O–H groups in total. The van der Waals surface area contributed by atoms with E-state index in [1.165, 1.54) is 12.1 Å². The molecule has 0 amide bonds. The molecule has 0 spiro atoms. The van der Waals surface area contributed by atoms with E-state index in [1.54, 1.807) is 13.0 Å². The Hall–Kier alpha value is -1.78. The summed E-state index contributed by atoms with van der Waals surface area (Å²) in [5.74, 6) is -1.11. The van der Waals surface area contributed by atoms with E-state index in [9.17, 15) is 4.39 Å². The number of rotatable bonds is 2. The first-order valence-electron chi connectivity index (χ1n) is 4.08. The molecule has 0 aliphatic heterocycles. The van der Waals surface area contributed by atoms with E-state index in [-0.39, 0.29) is 17.8 Å². The zero-order chi connectivity index (χ0) is 10.7. The molecule has 1 atom stereocenters. The molecule has 1 aromatic rings. The summed E-state index contributed by atoms with van der Waals surface area (Å²) in [6.45, 7) is 1.73. The van der Waals surface area contributed by atoms with Crippen molar-refractivity contribution in [2.45, 2.75) is 13.0 Å². The topological polar surface area (TPSA) is 84.6 Å². The van der Waals surface area contributed by atoms with Crippen LogP contribution in [0, 0.1) is 5.82 Å². The monoisotopic (exact) mass is 197 g/mol. The molecule has 1 rings (SSSR count). The van der Waals surface area contributed by atoms with Gasteiger partial charge in [-0.1, -0.05) is 6.07 Å². The number of hydrogen-bond donors (Lipinski definition) is 3. The van der Waals surface area contributed by atoms with Gasteiger partial charge in [0.25, 0.3) is 0 Å². The van der Waals surface area contributed by atoms with Crippen molar-refractivity contribution in [1.82, 2.24) is 0 Å². The fourth-order valence-electron chi connectivity index (χ4n) is 1.08. The third kappa shape index (κ3) is 2.35. The van der Waals surface area contributed by atoms with Crippen LogP contribution in [0.2, 0.25) is 0 Å². The molecule has 4 nitrogen and oxygen atoms in total. The van der Waals surface area contributed by atoms with Crippen molar-refractivity contribution in [2.75, 3.05) is 0 Å². The summed E-state index contributed by atoms with van der Waals surface area (Å²) < 4.78 is 12.9. The van der Waals surface area contributed by atoms with Crippen molar-refractivity contribution in [3.63, 3.8) is 0 Å². The number of phenolic OH excluding ortho intramolecular Hbond substituents is 1. The highest BCUT2D eigenvalue weighted by Crippen LogP contribution is 2.22. The Bertz CT molecular complexity index is 361. The molecule has 1 unspecified atom stereocenters. The van der Waals surface area contributed by atoms with Gasteiger partial charge < -0.3 is 16.6 Å². The first-order valence-corrected chi connectivity index (χ1v) is 4.08. The molecule has 14 heavy (non-hydrogen) atoms. The van der Waals surface area contributed by atoms with Crippen molar-refractivity contribution in [2.24, 2.45) is 16.5 Å². The molecule has 0 heterocycles. The van der Waals surface area contributed by atoms with E-state index < -0.39 is 5.82 Å². The zero-order valence-corrected chi connectivity index (χ0v) is 7.74. The lowest BCUT2D eigenvalue weighted by Gasteiger charge is -2.07. The molecule has 1 aromatic carbocycles. The molecule has 0 fully saturated rings. The quantitative estimate of drug-likeness (QED) is 0.485. The second kappa shape index (κ2) is 3.95. The number of nitrogens with two attached hydrogens (primary N) is 2. The van der Waals surface area contributed by atoms with Crippen molar-refractivity contribution >= 4 is 5.96 Å². The number of nitrogens with zero attached hydrogens (tertiary/aromatic N) is 1. The van der Waals surface area contributed by atoms with Crippen LogP contribution in [0.5, 0.6) is 5.75 Å². The molecular formula is C9H12FN3O. The number of hydrogen-bond acceptors (Lipinski definition) is 2. The van der Waals surface area contributed by atoms with Crippen LogP contribution in [0.25, 0.3) is 0 Å². The van der Waals surface area contributed by atoms with Gasteiger partial charge in [0.2, 0.25) is 0 Å². The van der Waals surface area contributed by atoms with Crippen LogP contribution >= 0.6 is 0 Å². The van der Waals surface area contributed by atoms with E-state index in [4.69, 9.17) is 16.6 Å². The fraction of sp³-hybridized carbons (Fsp3) is 0.222. The standard InChI is InChI=1S/C9H12FN3O/c1-5(13-9(11)12)6-2-3-8(14)7(10)4-6/h2-5,14H,1H3,(H4,11,12,13). The first-order chi connectivity index (χ1) is 6.50. The summed E-state index contributed by atoms with van der Waals surface area (Å²) in [4.78, 5) is 3.84. The van der Waals surface area contributed by atoms with Crippen LogP contribution in [0.4, 0.5) is 4.39 Å². The Morgan fingerprint density at radius 3 is 2.64 bits per heavy atom. The Morgan fingerprint density at radius 1 is 1.50 bits per heavy atom. The minimum Gasteiger partial charge on any atom is -0.505 e. The second-order valence-electron chi connectivity index (χ2n) is 2.94. The van der Waals surface area contributed by atoms with Gasteiger partial charge in [-0.3, -0.25) is 0 Å². The van der Waals surface area contributed by atoms with E-state index in [2.05, 4.69) is 4.99 Å². The predicted molar refractivity (Wildman–Crippen MR) is 52.3 cm³/mol. The highest BCUT2D eigenvalue weighted by Gasteiger charge is 2.07. The minimum atomic E-state index is -0.680. The molecule has 5 heteroatoms. The van der Waals surface area contributed by atoms with Crippen molar-refractivity contribution in [1.29, 1.82) is 0 Å². The van der Waals surface area contributed by atoms with Gasteiger partial charge in [0.05, 0.1) is 6.04 Å². The van der Waals surface area contributed by atoms with E-state index >= 15 is 0 Å². The van der Waals surface area contributed by atoms with Crippen molar-refractivity contribution < 1.29 is 9.50 Å². The summed E-state index contributed by atoms with van der Waals surface area (Å²) in [7, 11) is 0. The van der Waals surface area contributed by atoms with Crippen LogP contribution < -0.4 is 11.5 Å². The Kier molecular flexibility index (Phi) is 2.91. The number of phenols is 1. The van der Waals surface area contributed by atoms with Crippen LogP contribution in [0.3, 0.4) is 0 Å². The lowest BCUT2D eigenvalue weighted by atomic mass is 10.1. The average molecular weight is 197 g/mol. The molecule has 0 bridgehead atoms. The van der Waals surface area contributed by atoms with Gasteiger partial charge in [0.15, 0.2) is 17.5 Å². The smallest absolute Gasteiger partial charge is 0.186 e. The van der Waals surface area contributed by atoms with E-state index in [0.29, 0.717) is 5.56 Å². The van der Waals surface area contributed by atoms with Crippen molar-refractivity contribution in [3.8, 4) is 5.75 Å². The Labute approximate surface area is 81.1 Å². The molecule has 0 saturated carbocycles. The lowest BCUT2D eigenvalue weighted by Crippen LogP contribution is -2.23. The van der Waals surface area contributed by atoms with Crippen LogP contribution in [0.15, 0.2) is 23.2 Å². The van der Waals surface area contributed by atoms with Gasteiger partial charge in [0.1, 0.15) is 0 Å². The van der Waals surface area contributed by atoms with Crippen LogP contribution in [0.1, 0.15) is 18.5 Å². The minimum absolute atomic E-state index is 0.0500. The molecule has 76 valence electrons. The van der Waals surface area contributed by atoms with Crippen molar-refractivity contribution in [3.05, 3.63) is 29.6 Å². The fourth-order valence-corrected chi connectivity index (χ4v) is 1.08. The zero-order valence-electron chi connectivity index (χ0n) is 7.74. The SMILES string of the molecule is CC(N=C(N)N)c1ccc(O)c(F)c1. The van der Waals surface area contributed by atoms with Gasteiger partial charge in [-0.2, -0.15) is 0 Å². The van der Waals surface area contributed by atoms with E-state index in [0.717, 1.165) is 0 Å². The number of guanidine groups is 1. The van der Waals surface area contributed by atoms with E-state index in [1.807, 2.05) is 0 Å². The lowest BCUT2D eigenvalue weighted by molar-refractivity contribution is 0.431. The second-order valence-corrected chi connectivity index (χ2v) is 2.94. The molecular weight excluding hydrogens is 185 g/mol. The summed E-state index contributed by atoms with van der Waals surface area (Å²) in [6, 6.07) is 3.71. The summed E-state index contributed by atoms with van der Waals surface area (Å²) in [5.41, 5.74) is 11.0. The van der Waals surface area contributed by atoms with Gasteiger partial charge in [0, 0.05) is 0 Å².